The molecule has 6 heteroatoms. The number of ether oxygens (including phenoxy) is 1. The molecule has 0 radical (unpaired) electrons. The molecule has 1 saturated heterocycles. The van der Waals surface area contributed by atoms with Crippen molar-refractivity contribution >= 4 is 24.0 Å². The van der Waals surface area contributed by atoms with Crippen molar-refractivity contribution in [2.45, 2.75) is 41.7 Å². The van der Waals surface area contributed by atoms with Gasteiger partial charge in [-0.05, 0) is 93.1 Å². The van der Waals surface area contributed by atoms with Crippen molar-refractivity contribution < 1.29 is 14.3 Å². The van der Waals surface area contributed by atoms with E-state index < -0.39 is 4.75 Å². The number of piperidine rings is 1. The zero-order valence-corrected chi connectivity index (χ0v) is 17.2. The predicted octanol–water partition coefficient (Wildman–Crippen LogP) is 4.16. The average Bonchev–Trinajstić information content (AvgIpc) is 3.08. The minimum atomic E-state index is -0.554. The zero-order chi connectivity index (χ0) is 20.3. The Hall–Kier alpha value is -2.31. The summed E-state index contributed by atoms with van der Waals surface area (Å²) in [6.07, 6.45) is 5.77. The lowest BCUT2D eigenvalue weighted by molar-refractivity contribution is -0.120. The molecule has 1 spiro atoms. The number of thioether (sulfide) groups is 1. The molecule has 1 unspecified atom stereocenters. The largest absolute Gasteiger partial charge is 0.457 e. The summed E-state index contributed by atoms with van der Waals surface area (Å²) in [4.78, 5) is 24.3. The molecule has 1 aliphatic carbocycles. The Bertz CT molecular complexity index is 893. The summed E-state index contributed by atoms with van der Waals surface area (Å²) in [6.45, 7) is 2.04. The Morgan fingerprint density at radius 2 is 1.79 bits per heavy atom. The van der Waals surface area contributed by atoms with E-state index in [1.54, 1.807) is 36.0 Å². The van der Waals surface area contributed by atoms with Crippen molar-refractivity contribution in [3.05, 3.63) is 54.1 Å². The highest BCUT2D eigenvalue weighted by molar-refractivity contribution is 8.01. The lowest BCUT2D eigenvalue weighted by Gasteiger charge is -2.35. The van der Waals surface area contributed by atoms with Crippen molar-refractivity contribution in [1.29, 1.82) is 0 Å². The van der Waals surface area contributed by atoms with Crippen molar-refractivity contribution in [2.75, 3.05) is 13.1 Å². The normalized spacial score (nSPS) is 23.0. The summed E-state index contributed by atoms with van der Waals surface area (Å²) in [5.74, 6) is 1.15. The molecule has 5 nitrogen and oxygen atoms in total. The topological polar surface area (TPSA) is 81.4 Å². The minimum Gasteiger partial charge on any atom is -0.457 e. The number of nitrogens with one attached hydrogen (secondary N) is 1. The van der Waals surface area contributed by atoms with Gasteiger partial charge in [-0.15, -0.1) is 11.8 Å². The second-order valence-electron chi connectivity index (χ2n) is 8.15. The minimum absolute atomic E-state index is 0.214. The van der Waals surface area contributed by atoms with Crippen molar-refractivity contribution in [3.8, 4) is 11.5 Å². The third-order valence-electron chi connectivity index (χ3n) is 6.20. The van der Waals surface area contributed by atoms with Crippen LogP contribution in [0, 0.1) is 5.41 Å². The Labute approximate surface area is 175 Å². The number of rotatable bonds is 6. The number of hydrogen-bond acceptors (Lipinski definition) is 5. The van der Waals surface area contributed by atoms with Crippen LogP contribution in [0.1, 0.15) is 42.5 Å². The monoisotopic (exact) mass is 410 g/mol. The van der Waals surface area contributed by atoms with Gasteiger partial charge < -0.3 is 15.8 Å². The first-order valence-corrected chi connectivity index (χ1v) is 10.9. The predicted molar refractivity (Wildman–Crippen MR) is 115 cm³/mol. The molecule has 1 amide bonds. The number of carbonyl (C=O) groups is 2. The van der Waals surface area contributed by atoms with Crippen LogP contribution in [0.5, 0.6) is 11.5 Å². The van der Waals surface area contributed by atoms with E-state index in [4.69, 9.17) is 10.5 Å². The summed E-state index contributed by atoms with van der Waals surface area (Å²) in [6, 6.07) is 14.8. The molecule has 2 aromatic rings. The fraction of sp³-hybridized carbons (Fsp3) is 0.391. The van der Waals surface area contributed by atoms with Gasteiger partial charge in [0, 0.05) is 10.5 Å². The van der Waals surface area contributed by atoms with E-state index in [0.29, 0.717) is 17.1 Å². The van der Waals surface area contributed by atoms with Gasteiger partial charge in [-0.25, -0.2) is 0 Å². The van der Waals surface area contributed by atoms with Crippen LogP contribution in [-0.4, -0.2) is 30.0 Å². The van der Waals surface area contributed by atoms with Gasteiger partial charge in [0.1, 0.15) is 17.8 Å². The van der Waals surface area contributed by atoms with Gasteiger partial charge in [-0.3, -0.25) is 9.59 Å². The Morgan fingerprint density at radius 3 is 2.48 bits per heavy atom. The van der Waals surface area contributed by atoms with Crippen LogP contribution in [0.3, 0.4) is 0 Å². The van der Waals surface area contributed by atoms with Gasteiger partial charge in [0.2, 0.25) is 5.91 Å². The summed E-state index contributed by atoms with van der Waals surface area (Å²) < 4.78 is 5.38. The quantitative estimate of drug-likeness (QED) is 0.699. The van der Waals surface area contributed by atoms with Crippen LogP contribution in [0.2, 0.25) is 0 Å². The summed E-state index contributed by atoms with van der Waals surface area (Å²) in [5.41, 5.74) is 6.77. The van der Waals surface area contributed by atoms with Crippen LogP contribution in [0.4, 0.5) is 0 Å². The maximum absolute atomic E-state index is 12.5. The van der Waals surface area contributed by atoms with E-state index in [2.05, 4.69) is 5.32 Å². The first-order chi connectivity index (χ1) is 14.0. The SMILES string of the molecule is NC(=O)C1(Sc2cccc(Oc3ccc(C=O)cc3)c2)CCC2(CCNCC2)C1. The molecular formula is C23H26N2O3S. The molecule has 3 N–H and O–H groups in total. The lowest BCUT2D eigenvalue weighted by Crippen LogP contribution is -2.42. The number of primary amides is 1. The molecule has 2 aromatic carbocycles. The fourth-order valence-corrected chi connectivity index (χ4v) is 6.01. The first kappa shape index (κ1) is 20.0. The van der Waals surface area contributed by atoms with E-state index in [1.807, 2.05) is 24.3 Å². The highest BCUT2D eigenvalue weighted by atomic mass is 32.2. The van der Waals surface area contributed by atoms with Gasteiger partial charge in [0.05, 0.1) is 4.75 Å². The number of carbonyl (C=O) groups excluding carboxylic acids is 2. The second kappa shape index (κ2) is 8.20. The summed E-state index contributed by atoms with van der Waals surface area (Å²) in [7, 11) is 0. The van der Waals surface area contributed by atoms with Gasteiger partial charge in [-0.2, -0.15) is 0 Å². The Morgan fingerprint density at radius 1 is 1.03 bits per heavy atom. The molecule has 1 saturated carbocycles. The molecule has 4 rings (SSSR count). The van der Waals surface area contributed by atoms with E-state index in [0.717, 1.165) is 56.4 Å². The van der Waals surface area contributed by atoms with Crippen molar-refractivity contribution in [2.24, 2.45) is 11.1 Å². The van der Waals surface area contributed by atoms with E-state index in [1.165, 1.54) is 0 Å². The fourth-order valence-electron chi connectivity index (χ4n) is 4.56. The van der Waals surface area contributed by atoms with Crippen LogP contribution < -0.4 is 15.8 Å². The van der Waals surface area contributed by atoms with E-state index in [9.17, 15) is 9.59 Å². The van der Waals surface area contributed by atoms with Crippen molar-refractivity contribution in [1.82, 2.24) is 5.32 Å². The highest BCUT2D eigenvalue weighted by Crippen LogP contribution is 2.56. The van der Waals surface area contributed by atoms with Gasteiger partial charge in [0.15, 0.2) is 0 Å². The van der Waals surface area contributed by atoms with Gasteiger partial charge >= 0.3 is 0 Å². The van der Waals surface area contributed by atoms with Crippen LogP contribution in [-0.2, 0) is 4.79 Å². The lowest BCUT2D eigenvalue weighted by atomic mass is 9.77. The number of benzene rings is 2. The molecule has 0 bridgehead atoms. The highest BCUT2D eigenvalue weighted by Gasteiger charge is 2.52. The maximum Gasteiger partial charge on any atom is 0.234 e. The number of amides is 1. The molecule has 1 heterocycles. The van der Waals surface area contributed by atoms with Crippen LogP contribution >= 0.6 is 11.8 Å². The Kier molecular flexibility index (Phi) is 5.65. The summed E-state index contributed by atoms with van der Waals surface area (Å²) in [5, 5.41) is 3.42. The van der Waals surface area contributed by atoms with Gasteiger partial charge in [-0.1, -0.05) is 6.07 Å². The number of aldehydes is 1. The van der Waals surface area contributed by atoms with Crippen LogP contribution in [0.15, 0.2) is 53.4 Å². The smallest absolute Gasteiger partial charge is 0.234 e. The molecular weight excluding hydrogens is 384 g/mol. The maximum atomic E-state index is 12.5. The molecule has 29 heavy (non-hydrogen) atoms. The van der Waals surface area contributed by atoms with Crippen molar-refractivity contribution in [3.63, 3.8) is 0 Å². The molecule has 152 valence electrons. The van der Waals surface area contributed by atoms with E-state index in [-0.39, 0.29) is 11.3 Å². The third-order valence-corrected chi connectivity index (χ3v) is 7.63. The first-order valence-electron chi connectivity index (χ1n) is 10.1. The average molecular weight is 411 g/mol. The standard InChI is InChI=1S/C23H26N2O3S/c24-21(27)23(9-8-22(16-23)10-12-25-13-11-22)29-20-3-1-2-19(14-20)28-18-6-4-17(15-26)5-7-18/h1-7,14-15,25H,8-13,16H2,(H2,24,27). The molecule has 2 fully saturated rings. The van der Waals surface area contributed by atoms with Gasteiger partial charge in [0.25, 0.3) is 0 Å². The number of nitrogens with two attached hydrogens (primary N) is 1. The molecule has 1 atom stereocenters. The van der Waals surface area contributed by atoms with E-state index >= 15 is 0 Å². The molecule has 0 aromatic heterocycles. The second-order valence-corrected chi connectivity index (χ2v) is 9.61. The zero-order valence-electron chi connectivity index (χ0n) is 16.4. The summed E-state index contributed by atoms with van der Waals surface area (Å²) >= 11 is 1.58. The molecule has 2 aliphatic rings. The Balaban J connectivity index is 1.51. The third kappa shape index (κ3) is 4.33. The number of hydrogen-bond donors (Lipinski definition) is 2. The molecule has 1 aliphatic heterocycles. The van der Waals surface area contributed by atoms with Crippen LogP contribution in [0.25, 0.3) is 0 Å².